The topological polar surface area (TPSA) is 175 Å². The molecule has 0 aromatic rings. The Labute approximate surface area is 425 Å². The summed E-state index contributed by atoms with van der Waals surface area (Å²) in [4.78, 5) is 26.4. The smallest absolute Gasteiger partial charge is 0.306 e. The second-order valence-electron chi connectivity index (χ2n) is 19.1. The average molecular weight is 984 g/mol. The van der Waals surface area contributed by atoms with Crippen molar-refractivity contribution in [2.75, 3.05) is 13.2 Å². The second-order valence-corrected chi connectivity index (χ2v) is 19.1. The Morgan fingerprint density at radius 1 is 0.571 bits per heavy atom. The predicted molar refractivity (Wildman–Crippen MR) is 287 cm³/mol. The lowest BCUT2D eigenvalue weighted by Crippen LogP contribution is -2.61. The van der Waals surface area contributed by atoms with Crippen LogP contribution in [0.5, 0.6) is 0 Å². The number of nitrogens with one attached hydrogen (secondary N) is 1. The Morgan fingerprint density at radius 3 is 1.54 bits per heavy atom. The third kappa shape index (κ3) is 35.0. The van der Waals surface area contributed by atoms with Crippen LogP contribution in [0.4, 0.5) is 0 Å². The van der Waals surface area contributed by atoms with Crippen LogP contribution >= 0.6 is 0 Å². The Kier molecular flexibility index (Phi) is 43.4. The monoisotopic (exact) mass is 984 g/mol. The van der Waals surface area contributed by atoms with Crippen LogP contribution < -0.4 is 5.32 Å². The lowest BCUT2D eigenvalue weighted by molar-refractivity contribution is -0.305. The summed E-state index contributed by atoms with van der Waals surface area (Å²) in [5.41, 5.74) is 0. The van der Waals surface area contributed by atoms with E-state index in [9.17, 15) is 35.1 Å². The van der Waals surface area contributed by atoms with Gasteiger partial charge in [-0.3, -0.25) is 9.59 Å². The molecule has 8 unspecified atom stereocenters. The molecular formula is C59H101NO10. The molecule has 1 amide bonds. The molecule has 11 nitrogen and oxygen atoms in total. The minimum absolute atomic E-state index is 0.117. The van der Waals surface area contributed by atoms with Crippen LogP contribution in [0, 0.1) is 0 Å². The van der Waals surface area contributed by atoms with E-state index in [0.717, 1.165) is 64.2 Å². The highest BCUT2D eigenvalue weighted by Crippen LogP contribution is 2.26. The number of unbranched alkanes of at least 4 members (excludes halogenated alkanes) is 24. The largest absolute Gasteiger partial charge is 0.454 e. The molecule has 1 saturated heterocycles. The van der Waals surface area contributed by atoms with Gasteiger partial charge >= 0.3 is 5.97 Å². The zero-order chi connectivity index (χ0) is 51.1. The summed E-state index contributed by atoms with van der Waals surface area (Å²) >= 11 is 0. The highest BCUT2D eigenvalue weighted by Gasteiger charge is 2.47. The van der Waals surface area contributed by atoms with Gasteiger partial charge in [0.25, 0.3) is 0 Å². The van der Waals surface area contributed by atoms with Crippen LogP contribution in [-0.4, -0.2) is 99.6 Å². The van der Waals surface area contributed by atoms with E-state index in [0.29, 0.717) is 12.8 Å². The minimum Gasteiger partial charge on any atom is -0.454 e. The maximum absolute atomic E-state index is 13.3. The second kappa shape index (κ2) is 46.9. The van der Waals surface area contributed by atoms with Gasteiger partial charge in [-0.15, -0.1) is 0 Å². The normalized spacial score (nSPS) is 20.4. The molecule has 8 atom stereocenters. The summed E-state index contributed by atoms with van der Waals surface area (Å²) in [5, 5.41) is 56.7. The zero-order valence-electron chi connectivity index (χ0n) is 44.1. The number of ether oxygens (including phenoxy) is 3. The molecule has 11 heteroatoms. The van der Waals surface area contributed by atoms with Gasteiger partial charge < -0.3 is 45.1 Å². The summed E-state index contributed by atoms with van der Waals surface area (Å²) < 4.78 is 17.5. The maximum atomic E-state index is 13.3. The number of aliphatic hydroxyl groups is 5. The molecule has 0 aliphatic carbocycles. The van der Waals surface area contributed by atoms with Crippen LogP contribution in [0.25, 0.3) is 0 Å². The molecule has 0 aromatic heterocycles. The Bertz CT molecular complexity index is 1460. The van der Waals surface area contributed by atoms with E-state index in [1.807, 2.05) is 72.9 Å². The third-order valence-corrected chi connectivity index (χ3v) is 12.7. The molecule has 402 valence electrons. The van der Waals surface area contributed by atoms with E-state index in [1.54, 1.807) is 6.08 Å². The first-order chi connectivity index (χ1) is 34.2. The van der Waals surface area contributed by atoms with Crippen molar-refractivity contribution in [3.8, 4) is 0 Å². The summed E-state index contributed by atoms with van der Waals surface area (Å²) in [6, 6.07) is -1.05. The van der Waals surface area contributed by atoms with E-state index < -0.39 is 67.4 Å². The molecule has 70 heavy (non-hydrogen) atoms. The molecule has 0 bridgehead atoms. The van der Waals surface area contributed by atoms with Gasteiger partial charge in [0.05, 0.1) is 25.4 Å². The molecule has 0 saturated carbocycles. The summed E-state index contributed by atoms with van der Waals surface area (Å²) in [6.45, 7) is 5.58. The van der Waals surface area contributed by atoms with E-state index in [4.69, 9.17) is 14.2 Å². The number of allylic oxidation sites excluding steroid dienone is 13. The maximum Gasteiger partial charge on any atom is 0.306 e. The number of esters is 1. The Balaban J connectivity index is 2.79. The fourth-order valence-corrected chi connectivity index (χ4v) is 8.27. The van der Waals surface area contributed by atoms with Crippen molar-refractivity contribution in [3.63, 3.8) is 0 Å². The number of amides is 1. The fraction of sp³-hybridized carbons (Fsp3) is 0.729. The number of hydrogen-bond donors (Lipinski definition) is 6. The molecule has 1 fully saturated rings. The van der Waals surface area contributed by atoms with Crippen molar-refractivity contribution in [3.05, 3.63) is 85.1 Å². The first-order valence-corrected chi connectivity index (χ1v) is 27.9. The third-order valence-electron chi connectivity index (χ3n) is 12.7. The lowest BCUT2D eigenvalue weighted by Gasteiger charge is -2.41. The van der Waals surface area contributed by atoms with Crippen molar-refractivity contribution in [1.29, 1.82) is 0 Å². The average Bonchev–Trinajstić information content (AvgIpc) is 3.36. The number of rotatable bonds is 45. The summed E-state index contributed by atoms with van der Waals surface area (Å²) in [5.74, 6) is -1.24. The van der Waals surface area contributed by atoms with Crippen molar-refractivity contribution in [1.82, 2.24) is 5.32 Å². The minimum atomic E-state index is -1.62. The molecule has 0 aromatic carbocycles. The van der Waals surface area contributed by atoms with Crippen LogP contribution in [-0.2, 0) is 23.8 Å². The van der Waals surface area contributed by atoms with Crippen molar-refractivity contribution < 1.29 is 49.3 Å². The van der Waals surface area contributed by atoms with Gasteiger partial charge in [0, 0.05) is 6.42 Å². The van der Waals surface area contributed by atoms with Crippen molar-refractivity contribution in [2.45, 2.75) is 262 Å². The van der Waals surface area contributed by atoms with Gasteiger partial charge in [-0.05, 0) is 44.9 Å². The molecule has 1 aliphatic rings. The number of aliphatic hydroxyl groups excluding tert-OH is 5. The van der Waals surface area contributed by atoms with Crippen molar-refractivity contribution in [2.24, 2.45) is 0 Å². The van der Waals surface area contributed by atoms with Crippen LogP contribution in [0.2, 0.25) is 0 Å². The Hall–Kier alpha value is -3.16. The highest BCUT2D eigenvalue weighted by molar-refractivity contribution is 5.80. The highest BCUT2D eigenvalue weighted by atomic mass is 16.7. The summed E-state index contributed by atoms with van der Waals surface area (Å²) in [6.07, 6.45) is 49.1. The van der Waals surface area contributed by atoms with Gasteiger partial charge in [0.1, 0.15) is 24.4 Å². The van der Waals surface area contributed by atoms with Crippen LogP contribution in [0.15, 0.2) is 85.1 Å². The Morgan fingerprint density at radius 2 is 1.03 bits per heavy atom. The van der Waals surface area contributed by atoms with Gasteiger partial charge in [0.15, 0.2) is 12.4 Å². The lowest BCUT2D eigenvalue weighted by atomic mass is 9.99. The molecule has 0 radical (unpaired) electrons. The van der Waals surface area contributed by atoms with E-state index in [1.165, 1.54) is 103 Å². The molecule has 1 rings (SSSR count). The fourth-order valence-electron chi connectivity index (χ4n) is 8.27. The van der Waals surface area contributed by atoms with Gasteiger partial charge in [-0.1, -0.05) is 247 Å². The first kappa shape index (κ1) is 64.9. The van der Waals surface area contributed by atoms with E-state index in [-0.39, 0.29) is 19.4 Å². The molecule has 6 N–H and O–H groups in total. The standard InChI is InChI=1S/C59H101NO10/c1-4-7-10-13-16-19-22-24-26-27-28-31-34-37-40-43-46-52(63)58(67)60-50(51(62)45-42-39-36-33-30-21-18-15-12-9-6-3)49-68-59-57(56(66)55(65)53(48-61)69-59)70-54(64)47-44-41-38-35-32-29-25-23-20-17-14-11-8-5-2/h7,10,13,16,19,22,24,26-28,31,34,42,45,50-53,55-57,59,61-63,65-66H,4-6,8-9,11-12,14-15,17-18,20-21,23,25,29-30,32-33,35-41,43-44,46-49H2,1-3H3,(H,60,67)/b10-7-,16-13+,22-19+,26-24-,28-27+,34-31+,45-42+. The quantitative estimate of drug-likeness (QED) is 0.0149. The number of carbonyl (C=O) groups is 2. The van der Waals surface area contributed by atoms with E-state index >= 15 is 0 Å². The van der Waals surface area contributed by atoms with Crippen molar-refractivity contribution >= 4 is 11.9 Å². The SMILES string of the molecule is CC\C=C/C=C/C=C/C=C\C=C\C=C\CCCCC(O)C(=O)NC(COC1OC(CO)C(O)C(O)C1OC(=O)CCCCCCCCCCCCCCCC)C(O)/C=C/CCCCCCCCCCC. The van der Waals surface area contributed by atoms with Crippen LogP contribution in [0.1, 0.15) is 213 Å². The predicted octanol–water partition coefficient (Wildman–Crippen LogP) is 12.2. The first-order valence-electron chi connectivity index (χ1n) is 27.9. The number of hydrogen-bond acceptors (Lipinski definition) is 10. The molecular weight excluding hydrogens is 883 g/mol. The van der Waals surface area contributed by atoms with Gasteiger partial charge in [0.2, 0.25) is 5.91 Å². The molecule has 1 heterocycles. The number of carbonyl (C=O) groups excluding carboxylic acids is 2. The van der Waals surface area contributed by atoms with E-state index in [2.05, 4.69) is 32.2 Å². The molecule has 0 spiro atoms. The van der Waals surface area contributed by atoms with Crippen LogP contribution in [0.3, 0.4) is 0 Å². The summed E-state index contributed by atoms with van der Waals surface area (Å²) in [7, 11) is 0. The van der Waals surface area contributed by atoms with Gasteiger partial charge in [-0.25, -0.2) is 0 Å². The zero-order valence-corrected chi connectivity index (χ0v) is 44.1. The molecule has 1 aliphatic heterocycles. The van der Waals surface area contributed by atoms with Gasteiger partial charge in [-0.2, -0.15) is 0 Å².